The van der Waals surface area contributed by atoms with Gasteiger partial charge in [0.1, 0.15) is 24.6 Å². The number of aromatic nitrogens is 3. The molecule has 1 aromatic rings. The zero-order chi connectivity index (χ0) is 18.2. The molecule has 2 rings (SSSR count). The Kier molecular flexibility index (Phi) is 7.68. The molecule has 11 nitrogen and oxygen atoms in total. The average Bonchev–Trinajstić information content (AvgIpc) is 3.21. The van der Waals surface area contributed by atoms with E-state index in [0.717, 1.165) is 0 Å². The van der Waals surface area contributed by atoms with Crippen LogP contribution in [0.5, 0.6) is 0 Å². The molecule has 4 atom stereocenters. The zero-order valence-corrected chi connectivity index (χ0v) is 14.2. The minimum absolute atomic E-state index is 0.0442. The normalized spacial score (nSPS) is 26.1. The molecule has 2 heterocycles. The molecule has 11 heteroatoms. The second kappa shape index (κ2) is 9.75. The highest BCUT2D eigenvalue weighted by molar-refractivity contribution is 5.90. The summed E-state index contributed by atoms with van der Waals surface area (Å²) < 4.78 is 22.2. The SMILES string of the molecule is COCCNC(=O)c1ncn([C@@H]2O[C@H](CO)C(O)[C@@H]2OCCOC)n1. The van der Waals surface area contributed by atoms with Crippen molar-refractivity contribution in [3.63, 3.8) is 0 Å². The van der Waals surface area contributed by atoms with Crippen molar-refractivity contribution in [2.75, 3.05) is 47.2 Å². The van der Waals surface area contributed by atoms with Gasteiger partial charge in [0.15, 0.2) is 6.23 Å². The van der Waals surface area contributed by atoms with E-state index in [4.69, 9.17) is 18.9 Å². The lowest BCUT2D eigenvalue weighted by atomic mass is 10.1. The van der Waals surface area contributed by atoms with E-state index in [0.29, 0.717) is 19.8 Å². The van der Waals surface area contributed by atoms with Crippen LogP contribution in [-0.4, -0.2) is 96.4 Å². The van der Waals surface area contributed by atoms with Gasteiger partial charge in [-0.1, -0.05) is 0 Å². The van der Waals surface area contributed by atoms with Crippen molar-refractivity contribution < 1.29 is 34.0 Å². The van der Waals surface area contributed by atoms with Crippen LogP contribution in [0.3, 0.4) is 0 Å². The van der Waals surface area contributed by atoms with Gasteiger partial charge in [-0.2, -0.15) is 0 Å². The van der Waals surface area contributed by atoms with Crippen molar-refractivity contribution >= 4 is 5.91 Å². The van der Waals surface area contributed by atoms with Gasteiger partial charge < -0.3 is 34.5 Å². The van der Waals surface area contributed by atoms with E-state index in [1.165, 1.54) is 25.2 Å². The Morgan fingerprint density at radius 2 is 2.12 bits per heavy atom. The summed E-state index contributed by atoms with van der Waals surface area (Å²) in [4.78, 5) is 15.9. The van der Waals surface area contributed by atoms with Crippen LogP contribution in [0.2, 0.25) is 0 Å². The molecule has 0 radical (unpaired) electrons. The van der Waals surface area contributed by atoms with Crippen molar-refractivity contribution in [1.29, 1.82) is 0 Å². The predicted octanol–water partition coefficient (Wildman–Crippen LogP) is -2.06. The smallest absolute Gasteiger partial charge is 0.291 e. The Morgan fingerprint density at radius 3 is 2.80 bits per heavy atom. The number of carbonyl (C=O) groups excluding carboxylic acids is 1. The molecule has 0 saturated carbocycles. The fraction of sp³-hybridized carbons (Fsp3) is 0.786. The molecule has 1 saturated heterocycles. The second-order valence-electron chi connectivity index (χ2n) is 5.36. The fourth-order valence-electron chi connectivity index (χ4n) is 2.38. The van der Waals surface area contributed by atoms with Gasteiger partial charge in [0.25, 0.3) is 5.91 Å². The maximum atomic E-state index is 11.9. The number of carbonyl (C=O) groups is 1. The van der Waals surface area contributed by atoms with Crippen LogP contribution >= 0.6 is 0 Å². The van der Waals surface area contributed by atoms with Crippen molar-refractivity contribution in [2.45, 2.75) is 24.5 Å². The highest BCUT2D eigenvalue weighted by atomic mass is 16.6. The molecule has 142 valence electrons. The summed E-state index contributed by atoms with van der Waals surface area (Å²) in [6, 6.07) is 0. The molecule has 1 fully saturated rings. The van der Waals surface area contributed by atoms with E-state index >= 15 is 0 Å². The summed E-state index contributed by atoms with van der Waals surface area (Å²) in [5.41, 5.74) is 0. The van der Waals surface area contributed by atoms with Gasteiger partial charge in [0.05, 0.1) is 26.4 Å². The molecular weight excluding hydrogens is 336 g/mol. The zero-order valence-electron chi connectivity index (χ0n) is 14.2. The summed E-state index contributed by atoms with van der Waals surface area (Å²) in [5.74, 6) is -0.498. The topological polar surface area (TPSA) is 137 Å². The third kappa shape index (κ3) is 4.93. The summed E-state index contributed by atoms with van der Waals surface area (Å²) in [6.45, 7) is 0.899. The highest BCUT2D eigenvalue weighted by Crippen LogP contribution is 2.31. The molecule has 3 N–H and O–H groups in total. The van der Waals surface area contributed by atoms with Gasteiger partial charge in [-0.3, -0.25) is 4.79 Å². The summed E-state index contributed by atoms with van der Waals surface area (Å²) in [7, 11) is 3.06. The number of aliphatic hydroxyl groups is 2. The Labute approximate surface area is 144 Å². The van der Waals surface area contributed by atoms with Crippen molar-refractivity contribution in [3.05, 3.63) is 12.2 Å². The number of hydrogen-bond acceptors (Lipinski definition) is 9. The standard InChI is InChI=1S/C14H24N4O7/c1-22-4-3-15-13(21)12-16-8-18(17-12)14-11(24-6-5-23-2)10(20)9(7-19)25-14/h8-11,14,19-20H,3-7H2,1-2H3,(H,15,21)/t9-,10?,11+,14-/m1/s1. The Balaban J connectivity index is 2.05. The number of nitrogens with zero attached hydrogens (tertiary/aromatic N) is 3. The third-order valence-corrected chi connectivity index (χ3v) is 3.65. The largest absolute Gasteiger partial charge is 0.394 e. The second-order valence-corrected chi connectivity index (χ2v) is 5.36. The molecule has 1 amide bonds. The number of aliphatic hydroxyl groups excluding tert-OH is 2. The van der Waals surface area contributed by atoms with E-state index in [1.807, 2.05) is 0 Å². The van der Waals surface area contributed by atoms with Crippen molar-refractivity contribution in [2.24, 2.45) is 0 Å². The Morgan fingerprint density at radius 1 is 1.36 bits per heavy atom. The van der Waals surface area contributed by atoms with Crippen LogP contribution in [0, 0.1) is 0 Å². The first-order valence-electron chi connectivity index (χ1n) is 7.85. The van der Waals surface area contributed by atoms with E-state index in [-0.39, 0.29) is 19.0 Å². The highest BCUT2D eigenvalue weighted by Gasteiger charge is 2.45. The summed E-state index contributed by atoms with van der Waals surface area (Å²) in [6.07, 6.45) is -2.15. The van der Waals surface area contributed by atoms with Gasteiger partial charge in [0.2, 0.25) is 5.82 Å². The number of hydrogen-bond donors (Lipinski definition) is 3. The lowest BCUT2D eigenvalue weighted by Gasteiger charge is -2.20. The first kappa shape index (κ1) is 19.7. The van der Waals surface area contributed by atoms with E-state index in [9.17, 15) is 15.0 Å². The maximum absolute atomic E-state index is 11.9. The third-order valence-electron chi connectivity index (χ3n) is 3.65. The lowest BCUT2D eigenvalue weighted by Crippen LogP contribution is -2.36. The molecular formula is C14H24N4O7. The molecule has 0 aromatic carbocycles. The van der Waals surface area contributed by atoms with E-state index in [1.54, 1.807) is 0 Å². The predicted molar refractivity (Wildman–Crippen MR) is 82.8 cm³/mol. The Bertz CT molecular complexity index is 541. The molecule has 25 heavy (non-hydrogen) atoms. The van der Waals surface area contributed by atoms with Crippen LogP contribution in [0.25, 0.3) is 0 Å². The van der Waals surface area contributed by atoms with Crippen LogP contribution in [0.4, 0.5) is 0 Å². The number of amides is 1. The lowest BCUT2D eigenvalue weighted by molar-refractivity contribution is -0.0852. The fourth-order valence-corrected chi connectivity index (χ4v) is 2.38. The summed E-state index contributed by atoms with van der Waals surface area (Å²) >= 11 is 0. The van der Waals surface area contributed by atoms with E-state index < -0.39 is 30.4 Å². The van der Waals surface area contributed by atoms with Crippen LogP contribution in [-0.2, 0) is 18.9 Å². The van der Waals surface area contributed by atoms with E-state index in [2.05, 4.69) is 15.4 Å². The Hall–Kier alpha value is -1.63. The van der Waals surface area contributed by atoms with Crippen LogP contribution in [0.15, 0.2) is 6.33 Å². The average molecular weight is 360 g/mol. The number of nitrogens with one attached hydrogen (secondary N) is 1. The molecule has 1 aromatic heterocycles. The monoisotopic (exact) mass is 360 g/mol. The molecule has 0 spiro atoms. The van der Waals surface area contributed by atoms with Crippen molar-refractivity contribution in [1.82, 2.24) is 20.1 Å². The molecule has 0 aliphatic carbocycles. The van der Waals surface area contributed by atoms with Gasteiger partial charge in [-0.15, -0.1) is 5.10 Å². The van der Waals surface area contributed by atoms with Gasteiger partial charge in [-0.05, 0) is 0 Å². The molecule has 1 unspecified atom stereocenters. The number of rotatable bonds is 10. The van der Waals surface area contributed by atoms with Gasteiger partial charge >= 0.3 is 0 Å². The van der Waals surface area contributed by atoms with Gasteiger partial charge in [0, 0.05) is 20.8 Å². The minimum atomic E-state index is -1.05. The minimum Gasteiger partial charge on any atom is -0.394 e. The quantitative estimate of drug-likeness (QED) is 0.402. The molecule has 0 bridgehead atoms. The van der Waals surface area contributed by atoms with Crippen LogP contribution < -0.4 is 5.32 Å². The summed E-state index contributed by atoms with van der Waals surface area (Å²) in [5, 5.41) is 26.2. The number of methoxy groups -OCH3 is 2. The van der Waals surface area contributed by atoms with Crippen molar-refractivity contribution in [3.8, 4) is 0 Å². The van der Waals surface area contributed by atoms with Crippen LogP contribution in [0.1, 0.15) is 16.8 Å². The van der Waals surface area contributed by atoms with Gasteiger partial charge in [-0.25, -0.2) is 9.67 Å². The molecule has 1 aliphatic rings. The number of ether oxygens (including phenoxy) is 4. The molecule has 1 aliphatic heterocycles. The first-order chi connectivity index (χ1) is 12.1. The maximum Gasteiger partial charge on any atom is 0.291 e. The first-order valence-corrected chi connectivity index (χ1v) is 7.85.